The van der Waals surface area contributed by atoms with Crippen molar-refractivity contribution in [2.45, 2.75) is 45.1 Å². The second-order valence-electron chi connectivity index (χ2n) is 8.89. The first-order chi connectivity index (χ1) is 18.7. The fraction of sp³-hybridized carbons (Fsp3) is 0.538. The van der Waals surface area contributed by atoms with Crippen LogP contribution in [0.4, 0.5) is 5.69 Å². The van der Waals surface area contributed by atoms with E-state index in [0.29, 0.717) is 38.1 Å². The summed E-state index contributed by atoms with van der Waals surface area (Å²) in [6.07, 6.45) is 1.99. The van der Waals surface area contributed by atoms with Gasteiger partial charge in [-0.3, -0.25) is 33.7 Å². The SMILES string of the molecule is CCCC(=O)N[C@@H](CNC(=O)COCC(=O)Nc1ccc(CCC(=O)N2CCC2=O)cc1)C(=O)NCCOC. The molecule has 0 spiro atoms. The summed E-state index contributed by atoms with van der Waals surface area (Å²) < 4.78 is 10.0. The summed E-state index contributed by atoms with van der Waals surface area (Å²) in [5, 5.41) is 10.4. The lowest BCUT2D eigenvalue weighted by Gasteiger charge is -2.28. The second-order valence-corrected chi connectivity index (χ2v) is 8.89. The topological polar surface area (TPSA) is 172 Å². The molecule has 1 aliphatic heterocycles. The third-order valence-electron chi connectivity index (χ3n) is 5.72. The first-order valence-corrected chi connectivity index (χ1v) is 12.9. The van der Waals surface area contributed by atoms with Crippen LogP contribution in [0.15, 0.2) is 24.3 Å². The molecule has 13 nitrogen and oxygen atoms in total. The molecule has 214 valence electrons. The van der Waals surface area contributed by atoms with Crippen molar-refractivity contribution in [3.8, 4) is 0 Å². The van der Waals surface area contributed by atoms with Crippen LogP contribution in [0.25, 0.3) is 0 Å². The van der Waals surface area contributed by atoms with Crippen molar-refractivity contribution >= 4 is 41.1 Å². The molecule has 13 heteroatoms. The number of β-lactam (4-membered cyclic amide) rings is 1. The highest BCUT2D eigenvalue weighted by Crippen LogP contribution is 2.14. The number of nitrogens with one attached hydrogen (secondary N) is 4. The van der Waals surface area contributed by atoms with E-state index in [2.05, 4.69) is 21.3 Å². The molecule has 0 bridgehead atoms. The van der Waals surface area contributed by atoms with Crippen LogP contribution in [0.5, 0.6) is 0 Å². The van der Waals surface area contributed by atoms with E-state index in [9.17, 15) is 28.8 Å². The van der Waals surface area contributed by atoms with Crippen molar-refractivity contribution in [1.29, 1.82) is 0 Å². The smallest absolute Gasteiger partial charge is 0.250 e. The Morgan fingerprint density at radius 3 is 2.31 bits per heavy atom. The van der Waals surface area contributed by atoms with Gasteiger partial charge in [-0.25, -0.2) is 0 Å². The van der Waals surface area contributed by atoms with Gasteiger partial charge in [-0.05, 0) is 30.5 Å². The Morgan fingerprint density at radius 1 is 0.974 bits per heavy atom. The maximum absolute atomic E-state index is 12.3. The Kier molecular flexibility index (Phi) is 13.6. The lowest BCUT2D eigenvalue weighted by atomic mass is 10.1. The molecule has 1 aliphatic rings. The predicted molar refractivity (Wildman–Crippen MR) is 140 cm³/mol. The number of hydrogen-bond acceptors (Lipinski definition) is 8. The molecule has 0 radical (unpaired) electrons. The Labute approximate surface area is 227 Å². The van der Waals surface area contributed by atoms with E-state index in [1.54, 1.807) is 24.3 Å². The summed E-state index contributed by atoms with van der Waals surface area (Å²) in [6.45, 7) is 1.94. The molecule has 2 rings (SSSR count). The number of aryl methyl sites for hydroxylation is 1. The summed E-state index contributed by atoms with van der Waals surface area (Å²) >= 11 is 0. The third kappa shape index (κ3) is 11.6. The third-order valence-corrected chi connectivity index (χ3v) is 5.72. The van der Waals surface area contributed by atoms with Crippen LogP contribution in [-0.4, -0.2) is 92.9 Å². The molecule has 0 aromatic heterocycles. The molecule has 1 atom stereocenters. The zero-order valence-electron chi connectivity index (χ0n) is 22.4. The van der Waals surface area contributed by atoms with Gasteiger partial charge < -0.3 is 30.7 Å². The number of benzene rings is 1. The van der Waals surface area contributed by atoms with Gasteiger partial charge in [0.05, 0.1) is 6.61 Å². The molecule has 39 heavy (non-hydrogen) atoms. The molecule has 1 heterocycles. The fourth-order valence-corrected chi connectivity index (χ4v) is 3.52. The molecule has 1 aromatic carbocycles. The molecule has 6 amide bonds. The van der Waals surface area contributed by atoms with Gasteiger partial charge in [0.15, 0.2) is 0 Å². The number of amides is 6. The first-order valence-electron chi connectivity index (χ1n) is 12.9. The van der Waals surface area contributed by atoms with Crippen LogP contribution >= 0.6 is 0 Å². The van der Waals surface area contributed by atoms with E-state index in [1.807, 2.05) is 6.92 Å². The number of rotatable bonds is 17. The van der Waals surface area contributed by atoms with Gasteiger partial charge >= 0.3 is 0 Å². The molecule has 0 unspecified atom stereocenters. The molecular weight excluding hydrogens is 510 g/mol. The van der Waals surface area contributed by atoms with Crippen LogP contribution < -0.4 is 21.3 Å². The second kappa shape index (κ2) is 16.9. The van der Waals surface area contributed by atoms with Gasteiger partial charge in [-0.2, -0.15) is 0 Å². The minimum absolute atomic E-state index is 0.140. The average molecular weight is 548 g/mol. The Balaban J connectivity index is 1.68. The van der Waals surface area contributed by atoms with Crippen LogP contribution in [-0.2, 0) is 44.7 Å². The van der Waals surface area contributed by atoms with E-state index >= 15 is 0 Å². The van der Waals surface area contributed by atoms with Crippen LogP contribution in [0.1, 0.15) is 38.2 Å². The number of ether oxygens (including phenoxy) is 2. The van der Waals surface area contributed by atoms with Gasteiger partial charge in [-0.1, -0.05) is 19.1 Å². The highest BCUT2D eigenvalue weighted by Gasteiger charge is 2.29. The lowest BCUT2D eigenvalue weighted by Crippen LogP contribution is -2.53. The molecule has 0 saturated carbocycles. The minimum Gasteiger partial charge on any atom is -0.383 e. The largest absolute Gasteiger partial charge is 0.383 e. The predicted octanol–water partition coefficient (Wildman–Crippen LogP) is -0.503. The summed E-state index contributed by atoms with van der Waals surface area (Å²) in [6, 6.07) is 5.95. The Morgan fingerprint density at radius 2 is 1.69 bits per heavy atom. The number of carbonyl (C=O) groups excluding carboxylic acids is 6. The number of methoxy groups -OCH3 is 1. The monoisotopic (exact) mass is 547 g/mol. The van der Waals surface area contributed by atoms with E-state index in [1.165, 1.54) is 12.0 Å². The molecule has 1 aromatic rings. The lowest BCUT2D eigenvalue weighted by molar-refractivity contribution is -0.152. The first kappa shape index (κ1) is 31.4. The molecule has 0 aliphatic carbocycles. The van der Waals surface area contributed by atoms with Crippen LogP contribution in [0.2, 0.25) is 0 Å². The Bertz CT molecular complexity index is 1010. The van der Waals surface area contributed by atoms with Gasteiger partial charge in [0.25, 0.3) is 0 Å². The summed E-state index contributed by atoms with van der Waals surface area (Å²) in [7, 11) is 1.50. The maximum Gasteiger partial charge on any atom is 0.250 e. The Hall–Kier alpha value is -3.84. The quantitative estimate of drug-likeness (QED) is 0.149. The standard InChI is InChI=1S/C26H37N5O8/c1-3-4-21(32)30-20(26(37)27-12-14-38-2)15-28-22(33)16-39-17-23(34)29-19-8-5-18(6-9-19)7-10-24(35)31-13-11-25(31)36/h5-6,8-9,20H,3-4,7,10-17H2,1-2H3,(H,27,37)(H,28,33)(H,29,34)(H,30,32)/t20-/m0/s1. The van der Waals surface area contributed by atoms with Gasteiger partial charge in [0.2, 0.25) is 35.4 Å². The minimum atomic E-state index is -0.965. The van der Waals surface area contributed by atoms with E-state index in [4.69, 9.17) is 9.47 Å². The van der Waals surface area contributed by atoms with Gasteiger partial charge in [0, 0.05) is 51.7 Å². The number of anilines is 1. The van der Waals surface area contributed by atoms with Crippen molar-refractivity contribution in [3.63, 3.8) is 0 Å². The number of likely N-dealkylation sites (tertiary alicyclic amines) is 1. The van der Waals surface area contributed by atoms with Crippen molar-refractivity contribution in [3.05, 3.63) is 29.8 Å². The number of carbonyl (C=O) groups is 6. The molecular formula is C26H37N5O8. The number of nitrogens with zero attached hydrogens (tertiary/aromatic N) is 1. The summed E-state index contributed by atoms with van der Waals surface area (Å²) in [4.78, 5) is 73.1. The van der Waals surface area contributed by atoms with E-state index in [0.717, 1.165) is 5.56 Å². The molecule has 1 saturated heterocycles. The van der Waals surface area contributed by atoms with Gasteiger partial charge in [-0.15, -0.1) is 0 Å². The van der Waals surface area contributed by atoms with Crippen molar-refractivity contribution in [1.82, 2.24) is 20.9 Å². The highest BCUT2D eigenvalue weighted by molar-refractivity contribution is 5.99. The van der Waals surface area contributed by atoms with Crippen LogP contribution in [0, 0.1) is 0 Å². The van der Waals surface area contributed by atoms with Gasteiger partial charge in [0.1, 0.15) is 19.3 Å². The molecule has 4 N–H and O–H groups in total. The zero-order valence-corrected chi connectivity index (χ0v) is 22.4. The van der Waals surface area contributed by atoms with Crippen molar-refractivity contribution in [2.75, 3.05) is 51.9 Å². The van der Waals surface area contributed by atoms with Crippen molar-refractivity contribution < 1.29 is 38.2 Å². The summed E-state index contributed by atoms with van der Waals surface area (Å²) in [5.74, 6) is -2.12. The fourth-order valence-electron chi connectivity index (χ4n) is 3.52. The number of imide groups is 1. The van der Waals surface area contributed by atoms with E-state index in [-0.39, 0.29) is 50.3 Å². The summed E-state index contributed by atoms with van der Waals surface area (Å²) in [5.41, 5.74) is 1.41. The normalized spacial score (nSPS) is 13.2. The highest BCUT2D eigenvalue weighted by atomic mass is 16.5. The maximum atomic E-state index is 12.3. The zero-order chi connectivity index (χ0) is 28.6. The van der Waals surface area contributed by atoms with E-state index < -0.39 is 30.4 Å². The number of hydrogen-bond donors (Lipinski definition) is 4. The molecule has 1 fully saturated rings. The van der Waals surface area contributed by atoms with Crippen molar-refractivity contribution in [2.24, 2.45) is 0 Å². The van der Waals surface area contributed by atoms with Crippen LogP contribution in [0.3, 0.4) is 0 Å². The average Bonchev–Trinajstić information content (AvgIpc) is 2.90.